The summed E-state index contributed by atoms with van der Waals surface area (Å²) in [6, 6.07) is 11.0. The highest BCUT2D eigenvalue weighted by atomic mass is 32.2. The highest BCUT2D eigenvalue weighted by Crippen LogP contribution is 2.21. The molecule has 1 saturated heterocycles. The van der Waals surface area contributed by atoms with Crippen LogP contribution in [0.4, 0.5) is 17.6 Å². The van der Waals surface area contributed by atoms with Crippen molar-refractivity contribution in [2.24, 2.45) is 0 Å². The van der Waals surface area contributed by atoms with Gasteiger partial charge in [0, 0.05) is 51.4 Å². The van der Waals surface area contributed by atoms with E-state index in [1.54, 1.807) is 24.2 Å². The first-order chi connectivity index (χ1) is 18.8. The zero-order valence-electron chi connectivity index (χ0n) is 23.5. The number of aromatic nitrogens is 2. The Hall–Kier alpha value is -2.47. The number of hydrogen-bond acceptors (Lipinski definition) is 9. The zero-order chi connectivity index (χ0) is 27.7. The summed E-state index contributed by atoms with van der Waals surface area (Å²) in [4.78, 5) is 11.0. The first-order valence-electron chi connectivity index (χ1n) is 14.5. The van der Waals surface area contributed by atoms with E-state index in [2.05, 4.69) is 55.1 Å². The Balaban J connectivity index is 1.19. The van der Waals surface area contributed by atoms with Gasteiger partial charge in [-0.1, -0.05) is 43.5 Å². The standard InChI is InChI=1S/C28H46N8O2S/c1-22(2)39(37,38)36-17-15-35(16-18-36)27-19-26(29)33-28(34-27)32-21-24-11-9-23(10-12-24)20-30-13-6-14-31-25-7-4-3-5-8-25/h9-12,19,22,25,30-31H,3-8,13-18,20-21H2,1-2H3,(H3,29,32,33,34). The lowest BCUT2D eigenvalue weighted by molar-refractivity contribution is 0.371. The number of hydrogen-bond donors (Lipinski definition) is 4. The minimum Gasteiger partial charge on any atom is -0.383 e. The van der Waals surface area contributed by atoms with E-state index in [1.165, 1.54) is 37.7 Å². The van der Waals surface area contributed by atoms with E-state index < -0.39 is 15.3 Å². The number of piperazine rings is 1. The molecule has 1 saturated carbocycles. The van der Waals surface area contributed by atoms with E-state index in [9.17, 15) is 8.42 Å². The summed E-state index contributed by atoms with van der Waals surface area (Å²) in [7, 11) is -3.25. The van der Waals surface area contributed by atoms with E-state index in [0.29, 0.717) is 50.3 Å². The zero-order valence-corrected chi connectivity index (χ0v) is 24.3. The molecular formula is C28H46N8O2S. The van der Waals surface area contributed by atoms with Crippen molar-refractivity contribution in [3.63, 3.8) is 0 Å². The van der Waals surface area contributed by atoms with E-state index in [-0.39, 0.29) is 0 Å². The Labute approximate surface area is 234 Å². The molecule has 5 N–H and O–H groups in total. The van der Waals surface area contributed by atoms with Crippen molar-refractivity contribution < 1.29 is 8.42 Å². The van der Waals surface area contributed by atoms with Crippen LogP contribution in [0.5, 0.6) is 0 Å². The molecule has 2 aliphatic rings. The Morgan fingerprint density at radius 2 is 1.62 bits per heavy atom. The SMILES string of the molecule is CC(C)S(=O)(=O)N1CCN(c2cc(N)nc(NCc3ccc(CNCCCNC4CCCCC4)cc3)n2)CC1. The van der Waals surface area contributed by atoms with Crippen molar-refractivity contribution in [3.8, 4) is 0 Å². The number of rotatable bonds is 13. The number of anilines is 3. The van der Waals surface area contributed by atoms with Crippen LogP contribution in [-0.4, -0.2) is 73.3 Å². The van der Waals surface area contributed by atoms with Gasteiger partial charge < -0.3 is 26.6 Å². The first-order valence-corrected chi connectivity index (χ1v) is 16.0. The van der Waals surface area contributed by atoms with Gasteiger partial charge in [-0.15, -0.1) is 0 Å². The predicted octanol–water partition coefficient (Wildman–Crippen LogP) is 2.93. The van der Waals surface area contributed by atoms with Crippen LogP contribution in [0.3, 0.4) is 0 Å². The fourth-order valence-corrected chi connectivity index (χ4v) is 6.45. The van der Waals surface area contributed by atoms with Crippen molar-refractivity contribution in [1.82, 2.24) is 24.9 Å². The Morgan fingerprint density at radius 1 is 0.949 bits per heavy atom. The molecule has 2 aromatic rings. The third-order valence-electron chi connectivity index (χ3n) is 7.62. The van der Waals surface area contributed by atoms with Crippen LogP contribution in [0.2, 0.25) is 0 Å². The lowest BCUT2D eigenvalue weighted by Gasteiger charge is -2.35. The maximum absolute atomic E-state index is 12.5. The summed E-state index contributed by atoms with van der Waals surface area (Å²) in [5.41, 5.74) is 8.47. The van der Waals surface area contributed by atoms with Gasteiger partial charge in [0.2, 0.25) is 16.0 Å². The largest absolute Gasteiger partial charge is 0.383 e. The van der Waals surface area contributed by atoms with Crippen molar-refractivity contribution in [1.29, 1.82) is 0 Å². The summed E-state index contributed by atoms with van der Waals surface area (Å²) >= 11 is 0. The van der Waals surface area contributed by atoms with Gasteiger partial charge in [0.25, 0.3) is 0 Å². The molecule has 0 spiro atoms. The molecule has 1 aliphatic heterocycles. The minimum atomic E-state index is -3.25. The van der Waals surface area contributed by atoms with Gasteiger partial charge in [-0.3, -0.25) is 0 Å². The maximum atomic E-state index is 12.5. The Morgan fingerprint density at radius 3 is 2.28 bits per heavy atom. The molecule has 39 heavy (non-hydrogen) atoms. The van der Waals surface area contributed by atoms with Gasteiger partial charge in [0.05, 0.1) is 5.25 Å². The average molecular weight is 559 g/mol. The number of benzene rings is 1. The van der Waals surface area contributed by atoms with Crippen LogP contribution in [0, 0.1) is 0 Å². The average Bonchev–Trinajstić information content (AvgIpc) is 2.94. The monoisotopic (exact) mass is 558 g/mol. The van der Waals surface area contributed by atoms with E-state index >= 15 is 0 Å². The molecule has 0 unspecified atom stereocenters. The molecule has 10 nitrogen and oxygen atoms in total. The molecule has 0 radical (unpaired) electrons. The van der Waals surface area contributed by atoms with Crippen LogP contribution in [-0.2, 0) is 23.1 Å². The predicted molar refractivity (Wildman–Crippen MR) is 159 cm³/mol. The van der Waals surface area contributed by atoms with Crippen molar-refractivity contribution in [2.45, 2.75) is 76.8 Å². The highest BCUT2D eigenvalue weighted by molar-refractivity contribution is 7.89. The molecule has 0 amide bonds. The second-order valence-electron chi connectivity index (χ2n) is 10.9. The van der Waals surface area contributed by atoms with Crippen molar-refractivity contribution in [2.75, 3.05) is 55.2 Å². The number of nitrogen functional groups attached to an aromatic ring is 1. The first kappa shape index (κ1) is 29.5. The number of sulfonamides is 1. The van der Waals surface area contributed by atoms with Gasteiger partial charge in [0.15, 0.2) is 0 Å². The Kier molecular flexibility index (Phi) is 10.8. The van der Waals surface area contributed by atoms with Crippen LogP contribution < -0.4 is 26.6 Å². The molecule has 0 atom stereocenters. The molecule has 11 heteroatoms. The van der Waals surface area contributed by atoms with Crippen LogP contribution >= 0.6 is 0 Å². The van der Waals surface area contributed by atoms with Gasteiger partial charge >= 0.3 is 0 Å². The van der Waals surface area contributed by atoms with Gasteiger partial charge in [-0.25, -0.2) is 8.42 Å². The fraction of sp³-hybridized carbons (Fsp3) is 0.643. The molecule has 1 aromatic heterocycles. The van der Waals surface area contributed by atoms with Gasteiger partial charge in [-0.05, 0) is 57.3 Å². The smallest absolute Gasteiger partial charge is 0.226 e. The normalized spacial score (nSPS) is 17.6. The van der Waals surface area contributed by atoms with Crippen LogP contribution in [0.15, 0.2) is 30.3 Å². The van der Waals surface area contributed by atoms with Crippen molar-refractivity contribution >= 4 is 27.6 Å². The summed E-state index contributed by atoms with van der Waals surface area (Å²) in [6.45, 7) is 8.99. The van der Waals surface area contributed by atoms with E-state index in [1.807, 2.05) is 0 Å². The van der Waals surface area contributed by atoms with E-state index in [0.717, 1.165) is 37.7 Å². The molecule has 2 heterocycles. The molecule has 2 fully saturated rings. The summed E-state index contributed by atoms with van der Waals surface area (Å²) in [5, 5.41) is 10.1. The second kappa shape index (κ2) is 14.2. The van der Waals surface area contributed by atoms with E-state index in [4.69, 9.17) is 5.73 Å². The fourth-order valence-electron chi connectivity index (χ4n) is 5.18. The van der Waals surface area contributed by atoms with Crippen LogP contribution in [0.25, 0.3) is 0 Å². The number of nitrogens with one attached hydrogen (secondary N) is 3. The highest BCUT2D eigenvalue weighted by Gasteiger charge is 2.30. The molecular weight excluding hydrogens is 512 g/mol. The lowest BCUT2D eigenvalue weighted by Crippen LogP contribution is -2.50. The van der Waals surface area contributed by atoms with Crippen molar-refractivity contribution in [3.05, 3.63) is 41.5 Å². The third kappa shape index (κ3) is 8.76. The molecule has 1 aromatic carbocycles. The molecule has 0 bridgehead atoms. The van der Waals surface area contributed by atoms with Gasteiger partial charge in [0.1, 0.15) is 11.6 Å². The minimum absolute atomic E-state index is 0.384. The molecule has 1 aliphatic carbocycles. The lowest BCUT2D eigenvalue weighted by atomic mass is 9.95. The quantitative estimate of drug-likeness (QED) is 0.274. The summed E-state index contributed by atoms with van der Waals surface area (Å²) in [5.74, 6) is 1.56. The number of nitrogens with zero attached hydrogens (tertiary/aromatic N) is 4. The summed E-state index contributed by atoms with van der Waals surface area (Å²) in [6.07, 6.45) is 7.97. The molecule has 216 valence electrons. The second-order valence-corrected chi connectivity index (χ2v) is 13.4. The Bertz CT molecular complexity index is 1130. The maximum Gasteiger partial charge on any atom is 0.226 e. The van der Waals surface area contributed by atoms with Gasteiger partial charge in [-0.2, -0.15) is 14.3 Å². The topological polar surface area (TPSA) is 129 Å². The number of nitrogens with two attached hydrogens (primary N) is 1. The third-order valence-corrected chi connectivity index (χ3v) is 9.90. The van der Waals surface area contributed by atoms with Crippen LogP contribution in [0.1, 0.15) is 63.5 Å². The summed E-state index contributed by atoms with van der Waals surface area (Å²) < 4.78 is 26.5. The molecule has 4 rings (SSSR count).